The van der Waals surface area contributed by atoms with E-state index >= 15 is 0 Å². The number of carbonyl (C=O) groups excluding carboxylic acids is 3. The number of aromatic nitrogens is 6. The first-order valence-corrected chi connectivity index (χ1v) is 40.6. The average molecular weight is 2090 g/mol. The fourth-order valence-electron chi connectivity index (χ4n) is 15.7. The normalized spacial score (nSPS) is 13.2. The van der Waals surface area contributed by atoms with Crippen molar-refractivity contribution in [3.05, 3.63) is 278 Å². The molecule has 2 fully saturated rings. The molecule has 3 heterocycles. The molecule has 0 bridgehead atoms. The van der Waals surface area contributed by atoms with Crippen LogP contribution in [0.5, 0.6) is 0 Å². The monoisotopic (exact) mass is 2090 g/mol. The van der Waals surface area contributed by atoms with Crippen molar-refractivity contribution < 1.29 is 90.0 Å². The number of carbonyl (C=O) groups is 3. The Morgan fingerprint density at radius 3 is 1.42 bits per heavy atom. The Morgan fingerprint density at radius 1 is 0.419 bits per heavy atom. The second-order valence-corrected chi connectivity index (χ2v) is 31.6. The van der Waals surface area contributed by atoms with Crippen molar-refractivity contribution in [2.75, 3.05) is 0 Å². The fraction of sp³-hybridized carbons (Fsp3) is 0.304. The zero-order valence-electron chi connectivity index (χ0n) is 69.0. The molecule has 3 aromatic heterocycles. The van der Waals surface area contributed by atoms with E-state index in [0.29, 0.717) is 54.0 Å². The van der Waals surface area contributed by atoms with Gasteiger partial charge in [-0.15, -0.1) is 88.1 Å². The molecular weight excluding hydrogens is 1980 g/mol. The van der Waals surface area contributed by atoms with Crippen LogP contribution in [0.15, 0.2) is 254 Å². The minimum absolute atomic E-state index is 0. The largest absolute Gasteiger partial charge is 0.512 e. The summed E-state index contributed by atoms with van der Waals surface area (Å²) < 4.78 is 0. The first-order valence-electron chi connectivity index (χ1n) is 40.6. The molecule has 0 unspecified atom stereocenters. The van der Waals surface area contributed by atoms with Gasteiger partial charge < -0.3 is 15.3 Å². The minimum atomic E-state index is -0.0191. The van der Waals surface area contributed by atoms with E-state index in [1.807, 2.05) is 85.3 Å². The van der Waals surface area contributed by atoms with E-state index in [4.69, 9.17) is 20.1 Å². The second-order valence-electron chi connectivity index (χ2n) is 31.6. The standard InChI is InChI=1S/2C22H13N2.C21H17N2.C17H32O2.C13H20O2.C7H12O2.3Ir/c1-3-9-18-15(6-1)8-5-11-20(18)22-23-14-17-13-12-16-7-2-4-10-19(16)21(17)24-22;1-2-7-17-13-18(10-9-15(17)5-1)22-23-14-20-19-8-4-3-6-16(19)11-12-21(20)24-22;1-14(2)15-7-10-17(11-8-15)21-22-13-18-12-9-16-5-3-4-6-19(16)20(18)23-21;1-10(2)16(11(3)4)14(18)9-15(19)17(12(5)6)13(7)8;14-12(10-5-1-2-6-10)9-13(15)11-7-3-4-8-11;1-3-6(8)5-7(9)4-2;;;/h1-10,12-14H;1-9,11-14H;3-10,12-14H,1-2H3;9-13,16-18H,1-8H3;9-11,14H,1-8H2;5,8H,3-4H2,1-2H3;;;/q3*-1;;;;;;. The third kappa shape index (κ3) is 24.3. The van der Waals surface area contributed by atoms with Gasteiger partial charge in [0.15, 0.2) is 17.3 Å². The van der Waals surface area contributed by atoms with Gasteiger partial charge in [-0.05, 0) is 77.0 Å². The van der Waals surface area contributed by atoms with Crippen molar-refractivity contribution in [2.24, 2.45) is 47.3 Å². The number of allylic oxidation sites excluding steroid dienone is 6. The van der Waals surface area contributed by atoms with E-state index in [1.54, 1.807) is 13.8 Å². The molecule has 11 aromatic carbocycles. The first-order chi connectivity index (χ1) is 55.1. The van der Waals surface area contributed by atoms with Crippen LogP contribution < -0.4 is 0 Å². The predicted octanol–water partition coefficient (Wildman–Crippen LogP) is 26.2. The fourth-order valence-corrected chi connectivity index (χ4v) is 15.7. The van der Waals surface area contributed by atoms with Gasteiger partial charge in [-0.2, -0.15) is 0 Å². The van der Waals surface area contributed by atoms with Crippen molar-refractivity contribution in [3.63, 3.8) is 0 Å². The summed E-state index contributed by atoms with van der Waals surface area (Å²) in [6.45, 7) is 24.5. The molecule has 611 valence electrons. The van der Waals surface area contributed by atoms with E-state index in [2.05, 4.69) is 236 Å². The van der Waals surface area contributed by atoms with Crippen LogP contribution >= 0.6 is 0 Å². The van der Waals surface area contributed by atoms with Gasteiger partial charge in [0.05, 0.1) is 51.3 Å². The maximum absolute atomic E-state index is 12.3. The number of benzene rings is 11. The minimum Gasteiger partial charge on any atom is -0.512 e. The molecule has 0 saturated heterocycles. The Morgan fingerprint density at radius 2 is 0.880 bits per heavy atom. The number of ketones is 3. The molecule has 14 aromatic rings. The molecule has 2 aliphatic carbocycles. The van der Waals surface area contributed by atoms with Crippen LogP contribution in [0.1, 0.15) is 159 Å². The van der Waals surface area contributed by atoms with Crippen molar-refractivity contribution in [1.29, 1.82) is 0 Å². The molecule has 15 heteroatoms. The second kappa shape index (κ2) is 44.8. The van der Waals surface area contributed by atoms with Gasteiger partial charge in [0.2, 0.25) is 0 Å². The number of rotatable bonds is 17. The quantitative estimate of drug-likeness (QED) is 0.0339. The van der Waals surface area contributed by atoms with E-state index in [-0.39, 0.29) is 113 Å². The number of hydrogen-bond acceptors (Lipinski definition) is 12. The molecule has 0 atom stereocenters. The van der Waals surface area contributed by atoms with Gasteiger partial charge in [0.1, 0.15) is 0 Å². The Hall–Kier alpha value is -9.68. The molecule has 0 amide bonds. The molecule has 16 rings (SSSR count). The van der Waals surface area contributed by atoms with Crippen molar-refractivity contribution in [2.45, 2.75) is 153 Å². The Labute approximate surface area is 730 Å². The molecule has 2 aliphatic rings. The third-order valence-electron chi connectivity index (χ3n) is 21.7. The zero-order valence-corrected chi connectivity index (χ0v) is 76.2. The molecular formula is C102H107Ir3N6O6-3. The Bertz CT molecular complexity index is 5750. The van der Waals surface area contributed by atoms with Crippen molar-refractivity contribution in [1.82, 2.24) is 29.9 Å². The Balaban J connectivity index is 0.000000178. The maximum atomic E-state index is 12.3. The SMILES string of the molecule is CC(C)C(C(=O)C=C(O)C(C(C)C)C(C)C)C(C)C.CC(C)c1c[c-]c(-c2ncc3ccc4ccccc4c3n2)cc1.CCC(=O)C=C(O)CC.O=C(C=C(O)C1CCCC1)C1CCCC1.[Ir].[Ir].[Ir].[c-]1cc2ccccc2cc1-c1ncc2c(ccc3ccccc32)n1.[c-]1ccc2ccccc2c1-c1ncc2ccc3ccccc3c2n1. The van der Waals surface area contributed by atoms with Crippen molar-refractivity contribution in [3.8, 4) is 34.2 Å². The predicted molar refractivity (Wildman–Crippen MR) is 471 cm³/mol. The number of nitrogens with zero attached hydrogens (tertiary/aromatic N) is 6. The summed E-state index contributed by atoms with van der Waals surface area (Å²) in [4.78, 5) is 62.8. The molecule has 12 nitrogen and oxygen atoms in total. The van der Waals surface area contributed by atoms with Crippen LogP contribution in [0.2, 0.25) is 0 Å². The smallest absolute Gasteiger partial charge is 0.162 e. The van der Waals surface area contributed by atoms with E-state index in [9.17, 15) is 24.6 Å². The summed E-state index contributed by atoms with van der Waals surface area (Å²) in [6.07, 6.45) is 19.9. The van der Waals surface area contributed by atoms with Gasteiger partial charge in [-0.1, -0.05) is 283 Å². The Kier molecular flexibility index (Phi) is 35.5. The van der Waals surface area contributed by atoms with Gasteiger partial charge in [-0.3, -0.25) is 44.3 Å². The molecule has 3 radical (unpaired) electrons. The van der Waals surface area contributed by atoms with Crippen LogP contribution in [0.3, 0.4) is 0 Å². The van der Waals surface area contributed by atoms with Crippen LogP contribution in [0, 0.1) is 65.5 Å². The van der Waals surface area contributed by atoms with Crippen LogP contribution in [0.25, 0.3) is 121 Å². The van der Waals surface area contributed by atoms with Gasteiger partial charge in [0, 0.05) is 161 Å². The molecule has 0 aliphatic heterocycles. The molecule has 117 heavy (non-hydrogen) atoms. The third-order valence-corrected chi connectivity index (χ3v) is 21.7. The van der Waals surface area contributed by atoms with E-state index < -0.39 is 0 Å². The summed E-state index contributed by atoms with van der Waals surface area (Å²) >= 11 is 0. The number of aliphatic hydroxyl groups excluding tert-OH is 3. The van der Waals surface area contributed by atoms with Crippen LogP contribution in [-0.2, 0) is 74.7 Å². The zero-order chi connectivity index (χ0) is 81.0. The topological polar surface area (TPSA) is 189 Å². The maximum Gasteiger partial charge on any atom is 0.162 e. The van der Waals surface area contributed by atoms with Gasteiger partial charge in [-0.25, -0.2) is 0 Å². The number of fused-ring (bicyclic) bond motifs is 11. The number of aliphatic hydroxyl groups is 3. The average Bonchev–Trinajstić information content (AvgIpc) is 1.43. The van der Waals surface area contributed by atoms with E-state index in [1.165, 1.54) is 87.2 Å². The summed E-state index contributed by atoms with van der Waals surface area (Å²) in [6, 6.07) is 78.3. The molecule has 0 spiro atoms. The molecule has 3 N–H and O–H groups in total. The molecule has 2 saturated carbocycles. The van der Waals surface area contributed by atoms with Gasteiger partial charge in [0.25, 0.3) is 0 Å². The van der Waals surface area contributed by atoms with Gasteiger partial charge >= 0.3 is 0 Å². The summed E-state index contributed by atoms with van der Waals surface area (Å²) in [7, 11) is 0. The summed E-state index contributed by atoms with van der Waals surface area (Å²) in [5.41, 5.74) is 7.02. The number of hydrogen-bond donors (Lipinski definition) is 3. The first kappa shape index (κ1) is 92.8. The van der Waals surface area contributed by atoms with E-state index in [0.717, 1.165) is 103 Å². The van der Waals surface area contributed by atoms with Crippen molar-refractivity contribution >= 4 is 104 Å². The van der Waals surface area contributed by atoms with Crippen LogP contribution in [-0.4, -0.2) is 62.6 Å². The van der Waals surface area contributed by atoms with Crippen LogP contribution in [0.4, 0.5) is 0 Å². The summed E-state index contributed by atoms with van der Waals surface area (Å²) in [5, 5.41) is 43.8. The summed E-state index contributed by atoms with van der Waals surface area (Å²) in [5.74, 6) is 5.43.